The van der Waals surface area contributed by atoms with E-state index in [1.165, 1.54) is 11.1 Å². The van der Waals surface area contributed by atoms with Crippen molar-refractivity contribution in [1.29, 1.82) is 0 Å². The number of hydrogen-bond acceptors (Lipinski definition) is 2. The molecule has 0 aliphatic rings. The summed E-state index contributed by atoms with van der Waals surface area (Å²) in [5.74, 6) is 0. The second kappa shape index (κ2) is 2.76. The monoisotopic (exact) mass is 176 g/mol. The van der Waals surface area contributed by atoms with Gasteiger partial charge in [-0.1, -0.05) is 6.07 Å². The highest BCUT2D eigenvalue weighted by Gasteiger charge is 2.04. The van der Waals surface area contributed by atoms with Crippen LogP contribution in [0.2, 0.25) is 0 Å². The van der Waals surface area contributed by atoms with Crippen molar-refractivity contribution in [3.8, 4) is 6.01 Å². The Morgan fingerprint density at radius 3 is 2.77 bits per heavy atom. The van der Waals surface area contributed by atoms with Crippen LogP contribution in [-0.2, 0) is 0 Å². The topological polar surface area (TPSA) is 37.9 Å². The van der Waals surface area contributed by atoms with Crippen LogP contribution in [0, 0.1) is 13.8 Å². The molecule has 1 aromatic carbocycles. The molecule has 3 nitrogen and oxygen atoms in total. The minimum absolute atomic E-state index is 0.573. The Bertz CT molecular complexity index is 445. The average Bonchev–Trinajstić information content (AvgIpc) is 2.47. The number of nitrogens with zero attached hydrogens (tertiary/aromatic N) is 1. The average molecular weight is 176 g/mol. The number of H-pyrrole nitrogens is 1. The highest BCUT2D eigenvalue weighted by atomic mass is 16.5. The van der Waals surface area contributed by atoms with Crippen molar-refractivity contribution in [3.63, 3.8) is 0 Å². The molecule has 13 heavy (non-hydrogen) atoms. The van der Waals surface area contributed by atoms with E-state index in [0.717, 1.165) is 11.0 Å². The van der Waals surface area contributed by atoms with Crippen LogP contribution in [0.4, 0.5) is 0 Å². The normalized spacial score (nSPS) is 10.7. The van der Waals surface area contributed by atoms with E-state index in [1.807, 2.05) is 0 Å². The van der Waals surface area contributed by atoms with Gasteiger partial charge in [0, 0.05) is 0 Å². The molecule has 0 saturated heterocycles. The van der Waals surface area contributed by atoms with Crippen LogP contribution in [-0.4, -0.2) is 17.1 Å². The van der Waals surface area contributed by atoms with Crippen molar-refractivity contribution in [2.75, 3.05) is 7.11 Å². The van der Waals surface area contributed by atoms with Gasteiger partial charge in [0.1, 0.15) is 0 Å². The van der Waals surface area contributed by atoms with Crippen molar-refractivity contribution in [3.05, 3.63) is 23.3 Å². The van der Waals surface area contributed by atoms with Gasteiger partial charge in [-0.25, -0.2) is 0 Å². The second-order valence-electron chi connectivity index (χ2n) is 3.22. The molecule has 0 unspecified atom stereocenters. The van der Waals surface area contributed by atoms with Crippen molar-refractivity contribution in [2.45, 2.75) is 13.8 Å². The molecule has 2 aromatic rings. The van der Waals surface area contributed by atoms with Crippen LogP contribution in [0.25, 0.3) is 11.0 Å². The molecule has 1 heterocycles. The molecule has 0 radical (unpaired) electrons. The quantitative estimate of drug-likeness (QED) is 0.723. The van der Waals surface area contributed by atoms with Gasteiger partial charge in [0.15, 0.2) is 0 Å². The lowest BCUT2D eigenvalue weighted by atomic mass is 10.1. The number of aryl methyl sites for hydroxylation is 2. The van der Waals surface area contributed by atoms with Gasteiger partial charge >= 0.3 is 0 Å². The SMILES string of the molecule is COc1nc2c(C)cc(C)cc2[nH]1. The maximum atomic E-state index is 5.03. The fourth-order valence-electron chi connectivity index (χ4n) is 1.55. The summed E-state index contributed by atoms with van der Waals surface area (Å²) in [5.41, 5.74) is 4.43. The molecule has 0 bridgehead atoms. The van der Waals surface area contributed by atoms with Gasteiger partial charge in [-0.05, 0) is 31.0 Å². The van der Waals surface area contributed by atoms with E-state index in [1.54, 1.807) is 7.11 Å². The molecule has 68 valence electrons. The molecule has 0 atom stereocenters. The Hall–Kier alpha value is -1.51. The van der Waals surface area contributed by atoms with E-state index in [-0.39, 0.29) is 0 Å². The first-order valence-electron chi connectivity index (χ1n) is 4.21. The lowest BCUT2D eigenvalue weighted by molar-refractivity contribution is 0.386. The minimum atomic E-state index is 0.573. The lowest BCUT2D eigenvalue weighted by Gasteiger charge is -1.95. The lowest BCUT2D eigenvalue weighted by Crippen LogP contribution is -1.82. The number of rotatable bonds is 1. The standard InChI is InChI=1S/C10H12N2O/c1-6-4-7(2)9-8(5-6)11-10(12-9)13-3/h4-5H,1-3H3,(H,11,12). The molecule has 0 saturated carbocycles. The Balaban J connectivity index is 2.75. The number of hydrogen-bond donors (Lipinski definition) is 1. The summed E-state index contributed by atoms with van der Waals surface area (Å²) in [6.07, 6.45) is 0. The maximum absolute atomic E-state index is 5.03. The predicted molar refractivity (Wildman–Crippen MR) is 52.1 cm³/mol. The first kappa shape index (κ1) is 8.10. The number of aromatic nitrogens is 2. The summed E-state index contributed by atoms with van der Waals surface area (Å²) in [5, 5.41) is 0. The first-order valence-corrected chi connectivity index (χ1v) is 4.21. The third-order valence-corrected chi connectivity index (χ3v) is 2.09. The molecule has 0 aliphatic heterocycles. The molecule has 1 aromatic heterocycles. The number of methoxy groups -OCH3 is 1. The number of imidazole rings is 1. The zero-order valence-electron chi connectivity index (χ0n) is 8.01. The van der Waals surface area contributed by atoms with Crippen LogP contribution < -0.4 is 4.74 Å². The number of aromatic amines is 1. The molecule has 2 rings (SSSR count). The van der Waals surface area contributed by atoms with Gasteiger partial charge in [-0.2, -0.15) is 4.98 Å². The predicted octanol–water partition coefficient (Wildman–Crippen LogP) is 2.19. The van der Waals surface area contributed by atoms with Gasteiger partial charge in [0.25, 0.3) is 6.01 Å². The summed E-state index contributed by atoms with van der Waals surface area (Å²) < 4.78 is 5.03. The molecular formula is C10H12N2O. The van der Waals surface area contributed by atoms with Crippen molar-refractivity contribution < 1.29 is 4.74 Å². The molecule has 1 N–H and O–H groups in total. The van der Waals surface area contributed by atoms with Crippen molar-refractivity contribution in [2.24, 2.45) is 0 Å². The van der Waals surface area contributed by atoms with E-state index >= 15 is 0 Å². The van der Waals surface area contributed by atoms with Crippen LogP contribution in [0.3, 0.4) is 0 Å². The maximum Gasteiger partial charge on any atom is 0.294 e. The summed E-state index contributed by atoms with van der Waals surface area (Å²) in [6, 6.07) is 4.75. The second-order valence-corrected chi connectivity index (χ2v) is 3.22. The highest BCUT2D eigenvalue weighted by Crippen LogP contribution is 2.20. The molecule has 0 spiro atoms. The zero-order valence-corrected chi connectivity index (χ0v) is 8.01. The van der Waals surface area contributed by atoms with E-state index in [2.05, 4.69) is 35.9 Å². The first-order chi connectivity index (χ1) is 6.20. The Labute approximate surface area is 76.8 Å². The Morgan fingerprint density at radius 1 is 1.31 bits per heavy atom. The van der Waals surface area contributed by atoms with E-state index in [4.69, 9.17) is 4.74 Å². The number of benzene rings is 1. The van der Waals surface area contributed by atoms with E-state index in [9.17, 15) is 0 Å². The van der Waals surface area contributed by atoms with Gasteiger partial charge in [0.05, 0.1) is 18.1 Å². The van der Waals surface area contributed by atoms with Crippen molar-refractivity contribution >= 4 is 11.0 Å². The number of fused-ring (bicyclic) bond motifs is 1. The molecule has 0 amide bonds. The Morgan fingerprint density at radius 2 is 2.08 bits per heavy atom. The molecule has 0 aliphatic carbocycles. The minimum Gasteiger partial charge on any atom is -0.468 e. The smallest absolute Gasteiger partial charge is 0.294 e. The number of nitrogens with one attached hydrogen (secondary N) is 1. The van der Waals surface area contributed by atoms with Crippen LogP contribution in [0.15, 0.2) is 12.1 Å². The third-order valence-electron chi connectivity index (χ3n) is 2.09. The third kappa shape index (κ3) is 1.26. The largest absolute Gasteiger partial charge is 0.468 e. The molecule has 0 fully saturated rings. The van der Waals surface area contributed by atoms with Crippen molar-refractivity contribution in [1.82, 2.24) is 9.97 Å². The fourth-order valence-corrected chi connectivity index (χ4v) is 1.55. The fraction of sp³-hybridized carbons (Fsp3) is 0.300. The van der Waals surface area contributed by atoms with Crippen LogP contribution in [0.5, 0.6) is 6.01 Å². The Kier molecular flexibility index (Phi) is 1.72. The summed E-state index contributed by atoms with van der Waals surface area (Å²) in [7, 11) is 1.61. The van der Waals surface area contributed by atoms with E-state index in [0.29, 0.717) is 6.01 Å². The van der Waals surface area contributed by atoms with Gasteiger partial charge in [-0.3, -0.25) is 0 Å². The van der Waals surface area contributed by atoms with Crippen LogP contribution >= 0.6 is 0 Å². The summed E-state index contributed by atoms with van der Waals surface area (Å²) >= 11 is 0. The van der Waals surface area contributed by atoms with Gasteiger partial charge < -0.3 is 9.72 Å². The number of ether oxygens (including phenoxy) is 1. The molecule has 3 heteroatoms. The van der Waals surface area contributed by atoms with Gasteiger partial charge in [-0.15, -0.1) is 0 Å². The van der Waals surface area contributed by atoms with E-state index < -0.39 is 0 Å². The van der Waals surface area contributed by atoms with Crippen LogP contribution in [0.1, 0.15) is 11.1 Å². The summed E-state index contributed by atoms with van der Waals surface area (Å²) in [6.45, 7) is 4.12. The highest BCUT2D eigenvalue weighted by molar-refractivity contribution is 5.80. The van der Waals surface area contributed by atoms with Gasteiger partial charge in [0.2, 0.25) is 0 Å². The summed E-state index contributed by atoms with van der Waals surface area (Å²) in [4.78, 5) is 7.39. The molecular weight excluding hydrogens is 164 g/mol. The zero-order chi connectivity index (χ0) is 9.42.